The van der Waals surface area contributed by atoms with E-state index in [9.17, 15) is 9.59 Å². The smallest absolute Gasteiger partial charge is 0.194 e. The molecular formula is C34H16Br2O2S. The predicted octanol–water partition coefficient (Wildman–Crippen LogP) is 10.1. The summed E-state index contributed by atoms with van der Waals surface area (Å²) in [6, 6.07) is 31.8. The van der Waals surface area contributed by atoms with Crippen molar-refractivity contribution in [3.8, 4) is 22.3 Å². The van der Waals surface area contributed by atoms with Gasteiger partial charge in [-0.05, 0) is 65.9 Å². The maximum atomic E-state index is 13.5. The fraction of sp³-hybridized carbons (Fsp3) is 0. The highest BCUT2D eigenvalue weighted by Crippen LogP contribution is 2.54. The van der Waals surface area contributed by atoms with Crippen molar-refractivity contribution in [1.29, 1.82) is 0 Å². The average Bonchev–Trinajstić information content (AvgIpc) is 2.96. The van der Waals surface area contributed by atoms with Crippen molar-refractivity contribution in [3.05, 3.63) is 128 Å². The number of halogens is 2. The summed E-state index contributed by atoms with van der Waals surface area (Å²) in [5, 5.41) is 4.01. The lowest BCUT2D eigenvalue weighted by atomic mass is 9.83. The Morgan fingerprint density at radius 1 is 0.462 bits per heavy atom. The van der Waals surface area contributed by atoms with Gasteiger partial charge in [0.1, 0.15) is 0 Å². The summed E-state index contributed by atoms with van der Waals surface area (Å²) in [6.07, 6.45) is 0. The summed E-state index contributed by atoms with van der Waals surface area (Å²) in [6.45, 7) is 0. The van der Waals surface area contributed by atoms with E-state index in [1.165, 1.54) is 0 Å². The van der Waals surface area contributed by atoms with E-state index in [-0.39, 0.29) is 11.6 Å². The van der Waals surface area contributed by atoms with Gasteiger partial charge < -0.3 is 0 Å². The second-order valence-corrected chi connectivity index (χ2v) is 12.5. The van der Waals surface area contributed by atoms with Gasteiger partial charge in [-0.15, -0.1) is 0 Å². The maximum absolute atomic E-state index is 13.5. The molecule has 0 saturated heterocycles. The Bertz CT molecular complexity index is 1960. The van der Waals surface area contributed by atoms with Crippen molar-refractivity contribution >= 4 is 76.7 Å². The van der Waals surface area contributed by atoms with Gasteiger partial charge in [0.05, 0.1) is 0 Å². The molecule has 0 fully saturated rings. The number of rotatable bonds is 2. The zero-order valence-electron chi connectivity index (χ0n) is 20.2. The number of fused-ring (bicyclic) bond motifs is 4. The number of benzene rings is 6. The first kappa shape index (κ1) is 23.4. The molecule has 0 saturated carbocycles. The minimum absolute atomic E-state index is 0.0565. The van der Waals surface area contributed by atoms with Crippen LogP contribution in [0.15, 0.2) is 116 Å². The van der Waals surface area contributed by atoms with Crippen LogP contribution >= 0.6 is 43.6 Å². The van der Waals surface area contributed by atoms with E-state index in [0.29, 0.717) is 0 Å². The van der Waals surface area contributed by atoms with Crippen LogP contribution in [0.1, 0.15) is 31.8 Å². The summed E-state index contributed by atoms with van der Waals surface area (Å²) in [7, 11) is 0. The van der Waals surface area contributed by atoms with E-state index in [1.54, 1.807) is 11.8 Å². The Balaban J connectivity index is 1.48. The molecule has 2 aliphatic rings. The monoisotopic (exact) mass is 646 g/mol. The van der Waals surface area contributed by atoms with Crippen molar-refractivity contribution in [1.82, 2.24) is 0 Å². The largest absolute Gasteiger partial charge is 0.289 e. The fourth-order valence-electron chi connectivity index (χ4n) is 6.09. The van der Waals surface area contributed by atoms with Gasteiger partial charge in [0, 0.05) is 62.9 Å². The molecule has 39 heavy (non-hydrogen) atoms. The third-order valence-electron chi connectivity index (χ3n) is 7.72. The van der Waals surface area contributed by atoms with Crippen LogP contribution in [-0.4, -0.2) is 11.6 Å². The van der Waals surface area contributed by atoms with Crippen LogP contribution < -0.4 is 0 Å². The van der Waals surface area contributed by atoms with Crippen LogP contribution in [0.4, 0.5) is 0 Å². The number of carbonyl (C=O) groups excluding carboxylic acids is 2. The SMILES string of the molecule is O=C1c2ccccc2-c2c(Sc3c(Br)cc4cccc5c4c3-c3ccccc3C5=O)c(Br)cc3cccc1c23. The molecule has 8 rings (SSSR count). The van der Waals surface area contributed by atoms with Crippen LogP contribution in [0.5, 0.6) is 0 Å². The van der Waals surface area contributed by atoms with Gasteiger partial charge >= 0.3 is 0 Å². The van der Waals surface area contributed by atoms with E-state index in [0.717, 1.165) is 84.8 Å². The molecular weight excluding hydrogens is 632 g/mol. The van der Waals surface area contributed by atoms with E-state index < -0.39 is 0 Å². The first-order chi connectivity index (χ1) is 19.0. The highest BCUT2D eigenvalue weighted by molar-refractivity contribution is 9.11. The molecule has 0 amide bonds. The van der Waals surface area contributed by atoms with Gasteiger partial charge in [0.25, 0.3) is 0 Å². The van der Waals surface area contributed by atoms with Gasteiger partial charge in [-0.25, -0.2) is 0 Å². The van der Waals surface area contributed by atoms with Crippen molar-refractivity contribution < 1.29 is 9.59 Å². The van der Waals surface area contributed by atoms with Crippen LogP contribution in [0, 0.1) is 0 Å². The molecule has 0 aromatic heterocycles. The number of hydrogen-bond acceptors (Lipinski definition) is 3. The number of ketones is 2. The van der Waals surface area contributed by atoms with Gasteiger partial charge in [0.15, 0.2) is 11.6 Å². The average molecular weight is 648 g/mol. The molecule has 0 radical (unpaired) electrons. The highest BCUT2D eigenvalue weighted by Gasteiger charge is 2.32. The lowest BCUT2D eigenvalue weighted by Gasteiger charge is -2.26. The summed E-state index contributed by atoms with van der Waals surface area (Å²) in [5.74, 6) is 0.113. The molecule has 6 aromatic rings. The first-order valence-corrected chi connectivity index (χ1v) is 14.9. The molecule has 0 N–H and O–H groups in total. The molecule has 5 heteroatoms. The van der Waals surface area contributed by atoms with Crippen molar-refractivity contribution in [2.45, 2.75) is 9.79 Å². The topological polar surface area (TPSA) is 34.1 Å². The maximum Gasteiger partial charge on any atom is 0.194 e. The van der Waals surface area contributed by atoms with Crippen molar-refractivity contribution in [2.24, 2.45) is 0 Å². The summed E-state index contributed by atoms with van der Waals surface area (Å²) < 4.78 is 1.92. The second kappa shape index (κ2) is 8.49. The number of hydrogen-bond donors (Lipinski definition) is 0. The Morgan fingerprint density at radius 3 is 1.28 bits per heavy atom. The number of carbonyl (C=O) groups is 2. The minimum atomic E-state index is 0.0565. The van der Waals surface area contributed by atoms with Crippen molar-refractivity contribution in [2.75, 3.05) is 0 Å². The minimum Gasteiger partial charge on any atom is -0.289 e. The van der Waals surface area contributed by atoms with Crippen LogP contribution in [-0.2, 0) is 0 Å². The molecule has 0 unspecified atom stereocenters. The van der Waals surface area contributed by atoms with Gasteiger partial charge in [0.2, 0.25) is 0 Å². The molecule has 2 aliphatic carbocycles. The summed E-state index contributed by atoms with van der Waals surface area (Å²) in [5.41, 5.74) is 6.89. The lowest BCUT2D eigenvalue weighted by molar-refractivity contribution is 0.103. The molecule has 0 bridgehead atoms. The Labute approximate surface area is 245 Å². The molecule has 0 heterocycles. The van der Waals surface area contributed by atoms with Gasteiger partial charge in [-0.3, -0.25) is 9.59 Å². The third kappa shape index (κ3) is 3.21. The van der Waals surface area contributed by atoms with E-state index in [2.05, 4.69) is 56.1 Å². The van der Waals surface area contributed by atoms with Gasteiger partial charge in [-0.2, -0.15) is 0 Å². The second-order valence-electron chi connectivity index (χ2n) is 9.78. The van der Waals surface area contributed by atoms with E-state index in [1.807, 2.05) is 72.8 Å². The van der Waals surface area contributed by atoms with E-state index >= 15 is 0 Å². The quantitative estimate of drug-likeness (QED) is 0.187. The fourth-order valence-corrected chi connectivity index (χ4v) is 8.61. The van der Waals surface area contributed by atoms with Crippen LogP contribution in [0.2, 0.25) is 0 Å². The Kier molecular flexibility index (Phi) is 5.09. The zero-order chi connectivity index (χ0) is 26.4. The van der Waals surface area contributed by atoms with Crippen molar-refractivity contribution in [3.63, 3.8) is 0 Å². The lowest BCUT2D eigenvalue weighted by Crippen LogP contribution is -2.11. The molecule has 0 spiro atoms. The zero-order valence-corrected chi connectivity index (χ0v) is 24.2. The third-order valence-corrected chi connectivity index (χ3v) is 10.8. The highest BCUT2D eigenvalue weighted by atomic mass is 79.9. The summed E-state index contributed by atoms with van der Waals surface area (Å²) >= 11 is 9.47. The predicted molar refractivity (Wildman–Crippen MR) is 165 cm³/mol. The molecule has 6 aromatic carbocycles. The molecule has 184 valence electrons. The summed E-state index contributed by atoms with van der Waals surface area (Å²) in [4.78, 5) is 29.1. The van der Waals surface area contributed by atoms with Crippen LogP contribution in [0.3, 0.4) is 0 Å². The molecule has 0 aliphatic heterocycles. The Morgan fingerprint density at radius 2 is 0.846 bits per heavy atom. The molecule has 0 atom stereocenters. The standard InChI is InChI=1S/C34H16Br2O2S/c35-25-15-17-7-5-13-23-27(17)29(19-9-1-3-11-21(19)31(23)37)33(25)39-34-26(36)16-18-8-6-14-24-28(18)30(34)20-10-2-4-12-22(20)32(24)38/h1-16H. The van der Waals surface area contributed by atoms with Gasteiger partial charge in [-0.1, -0.05) is 96.7 Å². The normalized spacial score (nSPS) is 13.1. The molecule has 2 nitrogen and oxygen atoms in total. The van der Waals surface area contributed by atoms with E-state index in [4.69, 9.17) is 0 Å². The van der Waals surface area contributed by atoms with Crippen LogP contribution in [0.25, 0.3) is 43.8 Å². The Hall–Kier alpha value is -3.51. The first-order valence-electron chi connectivity index (χ1n) is 12.5.